The molecule has 0 fully saturated rings. The van der Waals surface area contributed by atoms with Crippen molar-refractivity contribution in [3.8, 4) is 11.1 Å². The number of ether oxygens (including phenoxy) is 1. The zero-order chi connectivity index (χ0) is 13.5. The second-order valence-corrected chi connectivity index (χ2v) is 4.62. The van der Waals surface area contributed by atoms with Crippen molar-refractivity contribution in [2.45, 2.75) is 13.0 Å². The number of rotatable bonds is 7. The molecule has 1 unspecified atom stereocenters. The largest absolute Gasteiger partial charge is 0.383 e. The lowest BCUT2D eigenvalue weighted by atomic mass is 10.1. The molecule has 0 aliphatic rings. The molecule has 0 amide bonds. The summed E-state index contributed by atoms with van der Waals surface area (Å²) in [6.07, 6.45) is 4.01. The second-order valence-electron chi connectivity index (χ2n) is 4.62. The van der Waals surface area contributed by atoms with Gasteiger partial charge in [-0.3, -0.25) is 4.68 Å². The van der Waals surface area contributed by atoms with Gasteiger partial charge in [0.25, 0.3) is 0 Å². The molecule has 102 valence electrons. The number of nitrogens with one attached hydrogen (secondary N) is 1. The summed E-state index contributed by atoms with van der Waals surface area (Å²) in [7, 11) is 1.71. The predicted molar refractivity (Wildman–Crippen MR) is 77.1 cm³/mol. The van der Waals surface area contributed by atoms with Crippen molar-refractivity contribution < 1.29 is 4.74 Å². The van der Waals surface area contributed by atoms with Gasteiger partial charge in [0.05, 0.1) is 18.8 Å². The van der Waals surface area contributed by atoms with Crippen LogP contribution in [-0.4, -0.2) is 36.6 Å². The fourth-order valence-electron chi connectivity index (χ4n) is 1.94. The number of hydrogen-bond donors (Lipinski definition) is 1. The minimum absolute atomic E-state index is 0.328. The van der Waals surface area contributed by atoms with E-state index < -0.39 is 0 Å². The molecule has 4 nitrogen and oxygen atoms in total. The van der Waals surface area contributed by atoms with Crippen LogP contribution in [0, 0.1) is 0 Å². The van der Waals surface area contributed by atoms with Gasteiger partial charge < -0.3 is 10.1 Å². The normalized spacial score (nSPS) is 12.5. The summed E-state index contributed by atoms with van der Waals surface area (Å²) in [5.41, 5.74) is 2.36. The molecule has 1 aromatic heterocycles. The van der Waals surface area contributed by atoms with Crippen LogP contribution in [0.3, 0.4) is 0 Å². The SMILES string of the molecule is COCCNCC(C)n1cc(-c2ccccc2)cn1. The molecule has 19 heavy (non-hydrogen) atoms. The fourth-order valence-corrected chi connectivity index (χ4v) is 1.94. The average Bonchev–Trinajstić information content (AvgIpc) is 2.94. The van der Waals surface area contributed by atoms with Gasteiger partial charge in [0, 0.05) is 32.0 Å². The van der Waals surface area contributed by atoms with Gasteiger partial charge in [0.2, 0.25) is 0 Å². The van der Waals surface area contributed by atoms with E-state index in [1.807, 2.05) is 29.1 Å². The zero-order valence-electron chi connectivity index (χ0n) is 11.5. The van der Waals surface area contributed by atoms with E-state index in [1.165, 1.54) is 5.56 Å². The van der Waals surface area contributed by atoms with Crippen LogP contribution < -0.4 is 5.32 Å². The predicted octanol–water partition coefficient (Wildman–Crippen LogP) is 2.35. The molecule has 0 saturated heterocycles. The van der Waals surface area contributed by atoms with E-state index in [9.17, 15) is 0 Å². The Hall–Kier alpha value is -1.65. The van der Waals surface area contributed by atoms with Crippen LogP contribution in [0.2, 0.25) is 0 Å². The maximum atomic E-state index is 5.01. The van der Waals surface area contributed by atoms with E-state index in [1.54, 1.807) is 7.11 Å². The molecule has 1 aromatic carbocycles. The molecule has 1 atom stereocenters. The van der Waals surface area contributed by atoms with Crippen molar-refractivity contribution in [3.63, 3.8) is 0 Å². The van der Waals surface area contributed by atoms with Crippen molar-refractivity contribution in [2.75, 3.05) is 26.8 Å². The van der Waals surface area contributed by atoms with E-state index in [2.05, 4.69) is 35.7 Å². The molecular weight excluding hydrogens is 238 g/mol. The number of hydrogen-bond acceptors (Lipinski definition) is 3. The monoisotopic (exact) mass is 259 g/mol. The molecule has 0 aliphatic heterocycles. The van der Waals surface area contributed by atoms with Crippen LogP contribution >= 0.6 is 0 Å². The van der Waals surface area contributed by atoms with Crippen LogP contribution in [0.25, 0.3) is 11.1 Å². The first-order chi connectivity index (χ1) is 9.31. The van der Waals surface area contributed by atoms with Gasteiger partial charge in [-0.25, -0.2) is 0 Å². The van der Waals surface area contributed by atoms with Gasteiger partial charge in [0.15, 0.2) is 0 Å². The Morgan fingerprint density at radius 2 is 2.05 bits per heavy atom. The van der Waals surface area contributed by atoms with Gasteiger partial charge in [-0.2, -0.15) is 5.10 Å². The Balaban J connectivity index is 1.93. The first-order valence-electron chi connectivity index (χ1n) is 6.60. The van der Waals surface area contributed by atoms with E-state index in [4.69, 9.17) is 4.74 Å². The zero-order valence-corrected chi connectivity index (χ0v) is 11.5. The third-order valence-corrected chi connectivity index (χ3v) is 3.08. The highest BCUT2D eigenvalue weighted by Crippen LogP contribution is 2.19. The van der Waals surface area contributed by atoms with Crippen molar-refractivity contribution >= 4 is 0 Å². The van der Waals surface area contributed by atoms with Gasteiger partial charge in [0.1, 0.15) is 0 Å². The minimum atomic E-state index is 0.328. The maximum Gasteiger partial charge on any atom is 0.0615 e. The van der Waals surface area contributed by atoms with Gasteiger partial charge in [-0.15, -0.1) is 0 Å². The lowest BCUT2D eigenvalue weighted by Gasteiger charge is -2.12. The van der Waals surface area contributed by atoms with Crippen LogP contribution in [0.15, 0.2) is 42.7 Å². The second kappa shape index (κ2) is 7.07. The van der Waals surface area contributed by atoms with Crippen LogP contribution in [0.5, 0.6) is 0 Å². The summed E-state index contributed by atoms with van der Waals surface area (Å²) < 4.78 is 7.01. The molecule has 0 aliphatic carbocycles. The van der Waals surface area contributed by atoms with E-state index in [0.29, 0.717) is 6.04 Å². The third kappa shape index (κ3) is 3.91. The quantitative estimate of drug-likeness (QED) is 0.776. The summed E-state index contributed by atoms with van der Waals surface area (Å²) in [4.78, 5) is 0. The van der Waals surface area contributed by atoms with Crippen LogP contribution in [0.4, 0.5) is 0 Å². The third-order valence-electron chi connectivity index (χ3n) is 3.08. The number of benzene rings is 1. The standard InChI is InChI=1S/C15H21N3O/c1-13(10-16-8-9-19-2)18-12-15(11-17-18)14-6-4-3-5-7-14/h3-7,11-13,16H,8-10H2,1-2H3. The van der Waals surface area contributed by atoms with Gasteiger partial charge in [-0.05, 0) is 12.5 Å². The number of nitrogens with zero attached hydrogens (tertiary/aromatic N) is 2. The fraction of sp³-hybridized carbons (Fsp3) is 0.400. The van der Waals surface area contributed by atoms with Crippen LogP contribution in [0.1, 0.15) is 13.0 Å². The summed E-state index contributed by atoms with van der Waals surface area (Å²) in [6, 6.07) is 10.6. The highest BCUT2D eigenvalue weighted by Gasteiger charge is 2.07. The first kappa shape index (κ1) is 13.8. The molecule has 0 saturated carbocycles. The number of aromatic nitrogens is 2. The molecule has 2 aromatic rings. The maximum absolute atomic E-state index is 5.01. The Bertz CT molecular complexity index is 481. The Morgan fingerprint density at radius 1 is 1.26 bits per heavy atom. The molecule has 4 heteroatoms. The molecule has 2 rings (SSSR count). The van der Waals surface area contributed by atoms with Crippen molar-refractivity contribution in [2.24, 2.45) is 0 Å². The van der Waals surface area contributed by atoms with Crippen molar-refractivity contribution in [1.82, 2.24) is 15.1 Å². The molecule has 0 radical (unpaired) electrons. The molecular formula is C15H21N3O. The highest BCUT2D eigenvalue weighted by atomic mass is 16.5. The Labute approximate surface area is 114 Å². The number of methoxy groups -OCH3 is 1. The average molecular weight is 259 g/mol. The van der Waals surface area contributed by atoms with Crippen molar-refractivity contribution in [3.05, 3.63) is 42.7 Å². The first-order valence-corrected chi connectivity index (χ1v) is 6.60. The van der Waals surface area contributed by atoms with E-state index in [-0.39, 0.29) is 0 Å². The molecule has 1 N–H and O–H groups in total. The summed E-state index contributed by atoms with van der Waals surface area (Å²) in [5.74, 6) is 0. The van der Waals surface area contributed by atoms with Crippen molar-refractivity contribution in [1.29, 1.82) is 0 Å². The molecule has 0 bridgehead atoms. The van der Waals surface area contributed by atoms with E-state index >= 15 is 0 Å². The lowest BCUT2D eigenvalue weighted by Crippen LogP contribution is -2.26. The summed E-state index contributed by atoms with van der Waals surface area (Å²) >= 11 is 0. The molecule has 0 spiro atoms. The highest BCUT2D eigenvalue weighted by molar-refractivity contribution is 5.61. The minimum Gasteiger partial charge on any atom is -0.383 e. The van der Waals surface area contributed by atoms with Crippen LogP contribution in [-0.2, 0) is 4.74 Å². The Kier molecular flexibility index (Phi) is 5.12. The topological polar surface area (TPSA) is 39.1 Å². The lowest BCUT2D eigenvalue weighted by molar-refractivity contribution is 0.198. The summed E-state index contributed by atoms with van der Waals surface area (Å²) in [5, 5.41) is 7.78. The molecule has 1 heterocycles. The smallest absolute Gasteiger partial charge is 0.0615 e. The summed E-state index contributed by atoms with van der Waals surface area (Å²) in [6.45, 7) is 4.65. The Morgan fingerprint density at radius 3 is 2.79 bits per heavy atom. The van der Waals surface area contributed by atoms with E-state index in [0.717, 1.165) is 25.3 Å². The van der Waals surface area contributed by atoms with Gasteiger partial charge >= 0.3 is 0 Å². The van der Waals surface area contributed by atoms with Gasteiger partial charge in [-0.1, -0.05) is 30.3 Å².